The molecule has 6 heteroatoms. The van der Waals surface area contributed by atoms with Crippen LogP contribution in [0.15, 0.2) is 23.2 Å². The Hall–Kier alpha value is -1.69. The van der Waals surface area contributed by atoms with Crippen LogP contribution < -0.4 is 10.6 Å². The smallest absolute Gasteiger partial charge is 0.191 e. The second kappa shape index (κ2) is 10.5. The zero-order valence-corrected chi connectivity index (χ0v) is 15.9. The van der Waals surface area contributed by atoms with Gasteiger partial charge in [0.05, 0.1) is 0 Å². The third-order valence-electron chi connectivity index (χ3n) is 5.22. The molecule has 1 aliphatic carbocycles. The predicted molar refractivity (Wildman–Crippen MR) is 101 cm³/mol. The summed E-state index contributed by atoms with van der Waals surface area (Å²) in [4.78, 5) is 4.24. The number of rotatable bonds is 9. The van der Waals surface area contributed by atoms with E-state index in [-0.39, 0.29) is 5.41 Å². The van der Waals surface area contributed by atoms with Gasteiger partial charge in [-0.05, 0) is 49.7 Å². The molecule has 0 bridgehead atoms. The molecule has 26 heavy (non-hydrogen) atoms. The highest BCUT2D eigenvalue weighted by Crippen LogP contribution is 2.40. The van der Waals surface area contributed by atoms with Crippen molar-refractivity contribution in [3.8, 4) is 0 Å². The maximum atomic E-state index is 13.7. The van der Waals surface area contributed by atoms with Crippen molar-refractivity contribution in [2.24, 2.45) is 10.4 Å². The molecule has 0 saturated heterocycles. The van der Waals surface area contributed by atoms with Gasteiger partial charge < -0.3 is 15.4 Å². The first-order valence-corrected chi connectivity index (χ1v) is 9.55. The monoisotopic (exact) mass is 367 g/mol. The number of hydrogen-bond donors (Lipinski definition) is 2. The Bertz CT molecular complexity index is 586. The molecule has 1 aromatic rings. The first-order valence-electron chi connectivity index (χ1n) is 9.55. The first-order chi connectivity index (χ1) is 12.6. The van der Waals surface area contributed by atoms with Crippen LogP contribution >= 0.6 is 0 Å². The fourth-order valence-electron chi connectivity index (χ4n) is 3.62. The second-order valence-electron chi connectivity index (χ2n) is 6.97. The van der Waals surface area contributed by atoms with Crippen LogP contribution in [0.1, 0.15) is 44.6 Å². The largest absolute Gasteiger partial charge is 0.382 e. The van der Waals surface area contributed by atoms with Gasteiger partial charge in [0, 0.05) is 33.4 Å². The molecule has 0 aliphatic heterocycles. The maximum absolute atomic E-state index is 13.7. The van der Waals surface area contributed by atoms with Crippen molar-refractivity contribution in [2.75, 3.05) is 33.4 Å². The summed E-state index contributed by atoms with van der Waals surface area (Å²) in [7, 11) is 1.72. The standard InChI is InChI=1S/C20H31F2N3O/c1-3-26-14-12-20(10-4-5-11-20)15-25-19(23-2)24-13-9-16-7-6-8-17(21)18(16)22/h6-8H,3-5,9-15H2,1-2H3,(H2,23,24,25). The number of benzene rings is 1. The maximum Gasteiger partial charge on any atom is 0.191 e. The van der Waals surface area contributed by atoms with Crippen LogP contribution in [0, 0.1) is 17.0 Å². The van der Waals surface area contributed by atoms with Crippen molar-refractivity contribution in [2.45, 2.75) is 45.4 Å². The van der Waals surface area contributed by atoms with Gasteiger partial charge >= 0.3 is 0 Å². The lowest BCUT2D eigenvalue weighted by Crippen LogP contribution is -2.44. The average molecular weight is 367 g/mol. The molecule has 1 aromatic carbocycles. The number of halogens is 2. The van der Waals surface area contributed by atoms with Gasteiger partial charge in [-0.25, -0.2) is 8.78 Å². The highest BCUT2D eigenvalue weighted by atomic mass is 19.2. The molecule has 1 saturated carbocycles. The van der Waals surface area contributed by atoms with Crippen molar-refractivity contribution >= 4 is 5.96 Å². The number of ether oxygens (including phenoxy) is 1. The molecule has 0 heterocycles. The zero-order chi connectivity index (χ0) is 18.8. The van der Waals surface area contributed by atoms with E-state index >= 15 is 0 Å². The fourth-order valence-corrected chi connectivity index (χ4v) is 3.62. The summed E-state index contributed by atoms with van der Waals surface area (Å²) in [5, 5.41) is 6.60. The highest BCUT2D eigenvalue weighted by molar-refractivity contribution is 5.79. The van der Waals surface area contributed by atoms with Gasteiger partial charge in [-0.2, -0.15) is 0 Å². The van der Waals surface area contributed by atoms with Crippen LogP contribution in [0.2, 0.25) is 0 Å². The molecular formula is C20H31F2N3O. The van der Waals surface area contributed by atoms with E-state index in [9.17, 15) is 8.78 Å². The first kappa shape index (κ1) is 20.6. The van der Waals surface area contributed by atoms with E-state index in [1.807, 2.05) is 6.92 Å². The van der Waals surface area contributed by atoms with Crippen LogP contribution in [-0.2, 0) is 11.2 Å². The van der Waals surface area contributed by atoms with Crippen LogP contribution in [0.4, 0.5) is 8.78 Å². The van der Waals surface area contributed by atoms with Gasteiger partial charge in [-0.15, -0.1) is 0 Å². The lowest BCUT2D eigenvalue weighted by Gasteiger charge is -2.30. The molecular weight excluding hydrogens is 336 g/mol. The quantitative estimate of drug-likeness (QED) is 0.398. The average Bonchev–Trinajstić information content (AvgIpc) is 3.11. The molecule has 2 rings (SSSR count). The van der Waals surface area contributed by atoms with Crippen LogP contribution in [0.3, 0.4) is 0 Å². The summed E-state index contributed by atoms with van der Waals surface area (Å²) in [5.74, 6) is -0.870. The predicted octanol–water partition coefficient (Wildman–Crippen LogP) is 3.66. The van der Waals surface area contributed by atoms with Gasteiger partial charge in [0.1, 0.15) is 0 Å². The van der Waals surface area contributed by atoms with Crippen molar-refractivity contribution in [1.29, 1.82) is 0 Å². The Morgan fingerprint density at radius 2 is 2.00 bits per heavy atom. The summed E-state index contributed by atoms with van der Waals surface area (Å²) in [6.45, 7) is 4.92. The molecule has 4 nitrogen and oxygen atoms in total. The van der Waals surface area contributed by atoms with E-state index in [0.717, 1.165) is 32.2 Å². The number of hydrogen-bond acceptors (Lipinski definition) is 2. The van der Waals surface area contributed by atoms with E-state index in [2.05, 4.69) is 15.6 Å². The van der Waals surface area contributed by atoms with Crippen LogP contribution in [0.25, 0.3) is 0 Å². The van der Waals surface area contributed by atoms with E-state index < -0.39 is 11.6 Å². The Labute approximate surface area is 155 Å². The van der Waals surface area contributed by atoms with E-state index in [4.69, 9.17) is 4.74 Å². The lowest BCUT2D eigenvalue weighted by molar-refractivity contribution is 0.105. The van der Waals surface area contributed by atoms with E-state index in [0.29, 0.717) is 24.5 Å². The van der Waals surface area contributed by atoms with Crippen molar-refractivity contribution in [1.82, 2.24) is 10.6 Å². The Kier molecular flexibility index (Phi) is 8.29. The lowest BCUT2D eigenvalue weighted by atomic mass is 9.83. The van der Waals surface area contributed by atoms with Gasteiger partial charge in [-0.1, -0.05) is 25.0 Å². The minimum Gasteiger partial charge on any atom is -0.382 e. The molecule has 0 aromatic heterocycles. The Balaban J connectivity index is 1.80. The van der Waals surface area contributed by atoms with Gasteiger partial charge in [0.25, 0.3) is 0 Å². The molecule has 2 N–H and O–H groups in total. The molecule has 1 aliphatic rings. The normalized spacial score (nSPS) is 16.7. The van der Waals surface area contributed by atoms with Gasteiger partial charge in [0.15, 0.2) is 17.6 Å². The zero-order valence-electron chi connectivity index (χ0n) is 15.9. The van der Waals surface area contributed by atoms with Crippen LogP contribution in [0.5, 0.6) is 0 Å². The molecule has 0 amide bonds. The number of nitrogens with one attached hydrogen (secondary N) is 2. The molecule has 0 spiro atoms. The SMILES string of the molecule is CCOCCC1(CNC(=NC)NCCc2cccc(F)c2F)CCCC1. The van der Waals surface area contributed by atoms with Crippen molar-refractivity contribution in [3.05, 3.63) is 35.4 Å². The van der Waals surface area contributed by atoms with E-state index in [1.54, 1.807) is 13.1 Å². The summed E-state index contributed by atoms with van der Waals surface area (Å²) in [6.07, 6.45) is 6.40. The summed E-state index contributed by atoms with van der Waals surface area (Å²) in [5.41, 5.74) is 0.637. The second-order valence-corrected chi connectivity index (χ2v) is 6.97. The minimum atomic E-state index is -0.803. The van der Waals surface area contributed by atoms with Gasteiger partial charge in [0.2, 0.25) is 0 Å². The molecule has 146 valence electrons. The molecule has 0 unspecified atom stereocenters. The Morgan fingerprint density at radius 1 is 1.23 bits per heavy atom. The van der Waals surface area contributed by atoms with Crippen LogP contribution in [-0.4, -0.2) is 39.3 Å². The summed E-state index contributed by atoms with van der Waals surface area (Å²) < 4.78 is 32.5. The summed E-state index contributed by atoms with van der Waals surface area (Å²) >= 11 is 0. The third kappa shape index (κ3) is 5.94. The van der Waals surface area contributed by atoms with Gasteiger partial charge in [-0.3, -0.25) is 4.99 Å². The third-order valence-corrected chi connectivity index (χ3v) is 5.22. The minimum absolute atomic E-state index is 0.265. The number of aliphatic imine (C=N–C) groups is 1. The molecule has 0 atom stereocenters. The topological polar surface area (TPSA) is 45.6 Å². The summed E-state index contributed by atoms with van der Waals surface area (Å²) in [6, 6.07) is 4.27. The fraction of sp³-hybridized carbons (Fsp3) is 0.650. The Morgan fingerprint density at radius 3 is 2.69 bits per heavy atom. The van der Waals surface area contributed by atoms with E-state index in [1.165, 1.54) is 31.7 Å². The van der Waals surface area contributed by atoms with Crippen molar-refractivity contribution < 1.29 is 13.5 Å². The molecule has 1 fully saturated rings. The van der Waals surface area contributed by atoms with Crippen molar-refractivity contribution in [3.63, 3.8) is 0 Å². The molecule has 0 radical (unpaired) electrons. The number of nitrogens with zero attached hydrogens (tertiary/aromatic N) is 1. The number of guanidine groups is 1. The highest BCUT2D eigenvalue weighted by Gasteiger charge is 2.33.